The average Bonchev–Trinajstić information content (AvgIpc) is 2.49. The summed E-state index contributed by atoms with van der Waals surface area (Å²) in [6.45, 7) is 4.11. The molecule has 2 aliphatic rings. The second kappa shape index (κ2) is 6.22. The summed E-state index contributed by atoms with van der Waals surface area (Å²) in [6.07, 6.45) is 4.26. The normalized spacial score (nSPS) is 33.1. The number of hydrogen-bond donors (Lipinski definition) is 0. The number of hydrogen-bond acceptors (Lipinski definition) is 5. The van der Waals surface area contributed by atoms with Gasteiger partial charge in [-0.2, -0.15) is 0 Å². The zero-order valence-corrected chi connectivity index (χ0v) is 12.7. The molecule has 1 saturated carbocycles. The number of esters is 1. The number of nitrogens with zero attached hydrogens (tertiary/aromatic N) is 1. The van der Waals surface area contributed by atoms with Gasteiger partial charge in [0.25, 0.3) is 0 Å². The topological polar surface area (TPSA) is 55.8 Å². The van der Waals surface area contributed by atoms with Crippen molar-refractivity contribution < 1.29 is 19.1 Å². The first-order chi connectivity index (χ1) is 9.50. The van der Waals surface area contributed by atoms with E-state index >= 15 is 0 Å². The lowest BCUT2D eigenvalue weighted by Crippen LogP contribution is -2.55. The van der Waals surface area contributed by atoms with Crippen LogP contribution in [-0.4, -0.2) is 55.6 Å². The summed E-state index contributed by atoms with van der Waals surface area (Å²) in [5.41, 5.74) is -0.0779. The second-order valence-corrected chi connectivity index (χ2v) is 6.17. The fraction of sp³-hybridized carbons (Fsp3) is 0.867. The monoisotopic (exact) mass is 283 g/mol. The number of ether oxygens (including phenoxy) is 2. The Morgan fingerprint density at radius 2 is 1.95 bits per heavy atom. The van der Waals surface area contributed by atoms with Crippen molar-refractivity contribution in [2.45, 2.75) is 50.7 Å². The van der Waals surface area contributed by atoms with E-state index < -0.39 is 5.92 Å². The van der Waals surface area contributed by atoms with Crippen LogP contribution in [-0.2, 0) is 19.1 Å². The molecule has 1 saturated heterocycles. The van der Waals surface area contributed by atoms with Gasteiger partial charge in [0.1, 0.15) is 11.7 Å². The van der Waals surface area contributed by atoms with E-state index in [2.05, 4.69) is 11.8 Å². The smallest absolute Gasteiger partial charge is 0.316 e. The highest BCUT2D eigenvalue weighted by molar-refractivity contribution is 5.99. The van der Waals surface area contributed by atoms with Crippen LogP contribution in [0.3, 0.4) is 0 Å². The molecule has 0 bridgehead atoms. The van der Waals surface area contributed by atoms with Gasteiger partial charge in [0.2, 0.25) is 0 Å². The lowest BCUT2D eigenvalue weighted by Gasteiger charge is -2.48. The lowest BCUT2D eigenvalue weighted by molar-refractivity contribution is -0.154. The van der Waals surface area contributed by atoms with Gasteiger partial charge in [0.05, 0.1) is 13.2 Å². The van der Waals surface area contributed by atoms with Crippen molar-refractivity contribution >= 4 is 11.8 Å². The summed E-state index contributed by atoms with van der Waals surface area (Å²) in [4.78, 5) is 26.1. The number of piperidine rings is 1. The van der Waals surface area contributed by atoms with Gasteiger partial charge in [-0.15, -0.1) is 0 Å². The Balaban J connectivity index is 2.03. The van der Waals surface area contributed by atoms with Gasteiger partial charge in [-0.25, -0.2) is 0 Å². The zero-order valence-electron chi connectivity index (χ0n) is 12.7. The Hall–Kier alpha value is -0.940. The second-order valence-electron chi connectivity index (χ2n) is 6.17. The molecule has 0 radical (unpaired) electrons. The largest absolute Gasteiger partial charge is 0.468 e. The highest BCUT2D eigenvalue weighted by Crippen LogP contribution is 2.37. The Labute approximate surface area is 120 Å². The predicted octanol–water partition coefficient (Wildman–Crippen LogP) is 1.40. The van der Waals surface area contributed by atoms with Crippen molar-refractivity contribution in [3.63, 3.8) is 0 Å². The van der Waals surface area contributed by atoms with Gasteiger partial charge < -0.3 is 9.47 Å². The van der Waals surface area contributed by atoms with Crippen LogP contribution in [0.5, 0.6) is 0 Å². The van der Waals surface area contributed by atoms with Crippen LogP contribution in [0.15, 0.2) is 0 Å². The van der Waals surface area contributed by atoms with Crippen LogP contribution in [0.1, 0.15) is 39.0 Å². The number of methoxy groups -OCH3 is 2. The van der Waals surface area contributed by atoms with Crippen molar-refractivity contribution in [2.75, 3.05) is 27.3 Å². The van der Waals surface area contributed by atoms with Gasteiger partial charge in [0, 0.05) is 32.2 Å². The number of carbonyl (C=O) groups is 2. The van der Waals surface area contributed by atoms with Crippen LogP contribution in [0.4, 0.5) is 0 Å². The van der Waals surface area contributed by atoms with E-state index in [1.54, 1.807) is 7.11 Å². The maximum atomic E-state index is 11.9. The highest BCUT2D eigenvalue weighted by atomic mass is 16.5. The minimum absolute atomic E-state index is 0.0288. The molecule has 114 valence electrons. The average molecular weight is 283 g/mol. The van der Waals surface area contributed by atoms with Crippen molar-refractivity contribution in [1.82, 2.24) is 4.90 Å². The number of carbonyl (C=O) groups excluding carboxylic acids is 2. The fourth-order valence-corrected chi connectivity index (χ4v) is 3.50. The highest BCUT2D eigenvalue weighted by Gasteiger charge is 2.44. The first-order valence-corrected chi connectivity index (χ1v) is 7.38. The molecule has 2 rings (SSSR count). The summed E-state index contributed by atoms with van der Waals surface area (Å²) in [5, 5.41) is 0. The quantitative estimate of drug-likeness (QED) is 0.579. The standard InChI is InChI=1S/C15H25NO4/c1-15(16-8-5-11(19-2)6-9-16)7-4-13(17)12(10-15)14(18)20-3/h11-12H,4-10H2,1-3H3. The van der Waals surface area contributed by atoms with Gasteiger partial charge in [-0.05, 0) is 32.6 Å². The lowest BCUT2D eigenvalue weighted by atomic mass is 9.74. The Morgan fingerprint density at radius 3 is 2.50 bits per heavy atom. The molecular weight excluding hydrogens is 258 g/mol. The molecule has 20 heavy (non-hydrogen) atoms. The van der Waals surface area contributed by atoms with Crippen LogP contribution < -0.4 is 0 Å². The van der Waals surface area contributed by atoms with Gasteiger partial charge in [-0.1, -0.05) is 0 Å². The molecule has 0 aromatic rings. The molecule has 0 spiro atoms. The Morgan fingerprint density at radius 1 is 1.30 bits per heavy atom. The molecule has 1 heterocycles. The first kappa shape index (κ1) is 15.4. The van der Waals surface area contributed by atoms with Gasteiger partial charge >= 0.3 is 5.97 Å². The third-order valence-corrected chi connectivity index (χ3v) is 4.97. The summed E-state index contributed by atoms with van der Waals surface area (Å²) in [5.74, 6) is -0.937. The van der Waals surface area contributed by atoms with Gasteiger partial charge in [0.15, 0.2) is 0 Å². The number of rotatable bonds is 3. The number of Topliss-reactive ketones (excluding diaryl/α,β-unsaturated/α-hetero) is 1. The van der Waals surface area contributed by atoms with E-state index in [0.29, 0.717) is 18.9 Å². The predicted molar refractivity (Wildman–Crippen MR) is 74.4 cm³/mol. The van der Waals surface area contributed by atoms with E-state index in [1.165, 1.54) is 7.11 Å². The van der Waals surface area contributed by atoms with E-state index in [1.807, 2.05) is 0 Å². The molecule has 5 nitrogen and oxygen atoms in total. The fourth-order valence-electron chi connectivity index (χ4n) is 3.50. The molecule has 2 unspecified atom stereocenters. The molecule has 1 aliphatic carbocycles. The summed E-state index contributed by atoms with van der Waals surface area (Å²) in [6, 6.07) is 0. The molecule has 5 heteroatoms. The minimum Gasteiger partial charge on any atom is -0.468 e. The first-order valence-electron chi connectivity index (χ1n) is 7.38. The van der Waals surface area contributed by atoms with E-state index in [4.69, 9.17) is 9.47 Å². The molecule has 2 fully saturated rings. The van der Waals surface area contributed by atoms with Crippen molar-refractivity contribution in [3.8, 4) is 0 Å². The Bertz CT molecular complexity index is 368. The maximum absolute atomic E-state index is 11.9. The summed E-state index contributed by atoms with van der Waals surface area (Å²) >= 11 is 0. The molecular formula is C15H25NO4. The van der Waals surface area contributed by atoms with Crippen LogP contribution >= 0.6 is 0 Å². The number of likely N-dealkylation sites (tertiary alicyclic amines) is 1. The third kappa shape index (κ3) is 3.04. The molecule has 0 aromatic carbocycles. The summed E-state index contributed by atoms with van der Waals surface area (Å²) < 4.78 is 10.2. The zero-order chi connectivity index (χ0) is 14.8. The third-order valence-electron chi connectivity index (χ3n) is 4.97. The van der Waals surface area contributed by atoms with E-state index in [0.717, 1.165) is 32.4 Å². The van der Waals surface area contributed by atoms with Gasteiger partial charge in [-0.3, -0.25) is 14.5 Å². The molecule has 0 N–H and O–H groups in total. The van der Waals surface area contributed by atoms with Crippen molar-refractivity contribution in [1.29, 1.82) is 0 Å². The maximum Gasteiger partial charge on any atom is 0.316 e. The van der Waals surface area contributed by atoms with Crippen molar-refractivity contribution in [3.05, 3.63) is 0 Å². The number of ketones is 1. The molecule has 0 amide bonds. The molecule has 1 aliphatic heterocycles. The SMILES string of the molecule is COC(=O)C1CC(C)(N2CCC(OC)CC2)CCC1=O. The van der Waals surface area contributed by atoms with Crippen LogP contribution in [0, 0.1) is 5.92 Å². The molecule has 2 atom stereocenters. The molecule has 0 aromatic heterocycles. The van der Waals surface area contributed by atoms with E-state index in [9.17, 15) is 9.59 Å². The van der Waals surface area contributed by atoms with Crippen molar-refractivity contribution in [2.24, 2.45) is 5.92 Å². The van der Waals surface area contributed by atoms with E-state index in [-0.39, 0.29) is 17.3 Å². The summed E-state index contributed by atoms with van der Waals surface area (Å²) in [7, 11) is 3.11. The Kier molecular flexibility index (Phi) is 4.81. The van der Waals surface area contributed by atoms with Crippen LogP contribution in [0.2, 0.25) is 0 Å². The minimum atomic E-state index is -0.584. The van der Waals surface area contributed by atoms with Crippen LogP contribution in [0.25, 0.3) is 0 Å².